The number of carbonyl (C=O) groups excluding carboxylic acids is 1. The Hall–Kier alpha value is -2.30. The number of halogens is 1. The summed E-state index contributed by atoms with van der Waals surface area (Å²) < 4.78 is 12.9. The lowest BCUT2D eigenvalue weighted by atomic mass is 9.91. The molecule has 3 rings (SSSR count). The van der Waals surface area contributed by atoms with E-state index in [1.54, 1.807) is 18.3 Å². The topological polar surface area (TPSA) is 46.1 Å². The minimum absolute atomic E-state index is 0.0374. The molecule has 1 atom stereocenters. The third-order valence-electron chi connectivity index (χ3n) is 4.35. The lowest BCUT2D eigenvalue weighted by molar-refractivity contribution is 0.0661. The normalized spacial score (nSPS) is 18.0. The third-order valence-corrected chi connectivity index (χ3v) is 4.35. The zero-order valence-electron chi connectivity index (χ0n) is 13.0. The van der Waals surface area contributed by atoms with Gasteiger partial charge in [0.15, 0.2) is 5.69 Å². The molecule has 1 fully saturated rings. The van der Waals surface area contributed by atoms with E-state index in [-0.39, 0.29) is 11.7 Å². The second-order valence-electron chi connectivity index (χ2n) is 6.03. The Kier molecular flexibility index (Phi) is 4.95. The molecule has 1 aromatic heterocycles. The molecule has 2 heterocycles. The van der Waals surface area contributed by atoms with Crippen LogP contribution in [0.15, 0.2) is 42.6 Å². The van der Waals surface area contributed by atoms with E-state index >= 15 is 0 Å². The van der Waals surface area contributed by atoms with Gasteiger partial charge in [0, 0.05) is 19.3 Å². The molecule has 0 radical (unpaired) electrons. The van der Waals surface area contributed by atoms with Gasteiger partial charge in [0.05, 0.1) is 0 Å². The van der Waals surface area contributed by atoms with Crippen LogP contribution in [0.3, 0.4) is 0 Å². The third kappa shape index (κ3) is 4.12. The van der Waals surface area contributed by atoms with Crippen molar-refractivity contribution in [2.75, 3.05) is 13.1 Å². The summed E-state index contributed by atoms with van der Waals surface area (Å²) in [7, 11) is 0. The fraction of sp³-hybridized carbons (Fsp3) is 0.389. The molecule has 2 aromatic rings. The van der Waals surface area contributed by atoms with Gasteiger partial charge in [-0.2, -0.15) is 5.10 Å². The molecule has 1 aliphatic heterocycles. The smallest absolute Gasteiger partial charge is 0.274 e. The summed E-state index contributed by atoms with van der Waals surface area (Å²) in [6, 6.07) is 10.1. The Labute approximate surface area is 135 Å². The summed E-state index contributed by atoms with van der Waals surface area (Å²) in [5, 5.41) is 7.68. The maximum Gasteiger partial charge on any atom is 0.274 e. The number of likely N-dealkylation sites (tertiary alicyclic amines) is 1. The molecule has 0 unspecified atom stereocenters. The average molecular weight is 313 g/mol. The number of hydrogen-bond donors (Lipinski definition) is 0. The van der Waals surface area contributed by atoms with Gasteiger partial charge in [-0.3, -0.25) is 4.79 Å². The van der Waals surface area contributed by atoms with Crippen LogP contribution in [0.5, 0.6) is 0 Å². The summed E-state index contributed by atoms with van der Waals surface area (Å²) in [5.41, 5.74) is 1.55. The summed E-state index contributed by atoms with van der Waals surface area (Å²) in [5.74, 6) is 0.242. The SMILES string of the molecule is O=C(c1cccnn1)N1CCC[C@H](CCc2ccc(F)cc2)C1. The van der Waals surface area contributed by atoms with E-state index in [0.717, 1.165) is 44.3 Å². The van der Waals surface area contributed by atoms with Gasteiger partial charge in [0.1, 0.15) is 5.82 Å². The average Bonchev–Trinajstić information content (AvgIpc) is 2.61. The fourth-order valence-corrected chi connectivity index (χ4v) is 3.08. The van der Waals surface area contributed by atoms with Crippen molar-refractivity contribution in [2.24, 2.45) is 5.92 Å². The molecule has 0 bridgehead atoms. The number of nitrogens with zero attached hydrogens (tertiary/aromatic N) is 3. The molecule has 0 N–H and O–H groups in total. The van der Waals surface area contributed by atoms with Crippen molar-refractivity contribution in [3.8, 4) is 0 Å². The summed E-state index contributed by atoms with van der Waals surface area (Å²) in [6.07, 6.45) is 5.64. The number of aromatic nitrogens is 2. The maximum atomic E-state index is 12.9. The van der Waals surface area contributed by atoms with Crippen LogP contribution in [0.4, 0.5) is 4.39 Å². The number of piperidine rings is 1. The van der Waals surface area contributed by atoms with E-state index in [1.165, 1.54) is 12.1 Å². The van der Waals surface area contributed by atoms with Crippen molar-refractivity contribution >= 4 is 5.91 Å². The van der Waals surface area contributed by atoms with Crippen LogP contribution < -0.4 is 0 Å². The summed E-state index contributed by atoms with van der Waals surface area (Å²) >= 11 is 0. The predicted molar refractivity (Wildman–Crippen MR) is 85.4 cm³/mol. The number of hydrogen-bond acceptors (Lipinski definition) is 3. The molecular formula is C18H20FN3O. The van der Waals surface area contributed by atoms with Crippen LogP contribution in [0.1, 0.15) is 35.3 Å². The quantitative estimate of drug-likeness (QED) is 0.871. The zero-order chi connectivity index (χ0) is 16.1. The Morgan fingerprint density at radius 1 is 1.26 bits per heavy atom. The van der Waals surface area contributed by atoms with Crippen LogP contribution in [-0.2, 0) is 6.42 Å². The lowest BCUT2D eigenvalue weighted by Crippen LogP contribution is -2.40. The largest absolute Gasteiger partial charge is 0.337 e. The first-order valence-corrected chi connectivity index (χ1v) is 8.04. The highest BCUT2D eigenvalue weighted by molar-refractivity contribution is 5.92. The minimum Gasteiger partial charge on any atom is -0.337 e. The molecule has 120 valence electrons. The van der Waals surface area contributed by atoms with Crippen molar-refractivity contribution in [3.05, 3.63) is 59.7 Å². The Balaban J connectivity index is 1.56. The van der Waals surface area contributed by atoms with E-state index < -0.39 is 0 Å². The van der Waals surface area contributed by atoms with E-state index in [2.05, 4.69) is 10.2 Å². The van der Waals surface area contributed by atoms with Crippen LogP contribution in [-0.4, -0.2) is 34.1 Å². The summed E-state index contributed by atoms with van der Waals surface area (Å²) in [4.78, 5) is 14.3. The second-order valence-corrected chi connectivity index (χ2v) is 6.03. The van der Waals surface area contributed by atoms with Gasteiger partial charge in [-0.25, -0.2) is 4.39 Å². The number of aryl methyl sites for hydroxylation is 1. The number of benzene rings is 1. The molecule has 0 aliphatic carbocycles. The molecule has 1 amide bonds. The predicted octanol–water partition coefficient (Wildman–Crippen LogP) is 3.10. The first-order valence-electron chi connectivity index (χ1n) is 8.04. The highest BCUT2D eigenvalue weighted by Gasteiger charge is 2.25. The number of carbonyl (C=O) groups is 1. The molecule has 1 aromatic carbocycles. The van der Waals surface area contributed by atoms with Crippen LogP contribution in [0.25, 0.3) is 0 Å². The molecule has 23 heavy (non-hydrogen) atoms. The van der Waals surface area contributed by atoms with Crippen molar-refractivity contribution < 1.29 is 9.18 Å². The van der Waals surface area contributed by atoms with Crippen molar-refractivity contribution in [2.45, 2.75) is 25.7 Å². The highest BCUT2D eigenvalue weighted by atomic mass is 19.1. The Morgan fingerprint density at radius 3 is 2.83 bits per heavy atom. The van der Waals surface area contributed by atoms with Crippen LogP contribution >= 0.6 is 0 Å². The fourth-order valence-electron chi connectivity index (χ4n) is 3.08. The van der Waals surface area contributed by atoms with Crippen molar-refractivity contribution in [1.29, 1.82) is 0 Å². The highest BCUT2D eigenvalue weighted by Crippen LogP contribution is 2.22. The van der Waals surface area contributed by atoms with Gasteiger partial charge in [-0.05, 0) is 61.4 Å². The number of rotatable bonds is 4. The van der Waals surface area contributed by atoms with E-state index in [1.807, 2.05) is 17.0 Å². The first kappa shape index (κ1) is 15.6. The van der Waals surface area contributed by atoms with Crippen LogP contribution in [0, 0.1) is 11.7 Å². The van der Waals surface area contributed by atoms with Gasteiger partial charge < -0.3 is 4.90 Å². The van der Waals surface area contributed by atoms with E-state index in [0.29, 0.717) is 11.6 Å². The van der Waals surface area contributed by atoms with E-state index in [4.69, 9.17) is 0 Å². The van der Waals surface area contributed by atoms with Gasteiger partial charge >= 0.3 is 0 Å². The summed E-state index contributed by atoms with van der Waals surface area (Å²) in [6.45, 7) is 1.54. The molecule has 1 aliphatic rings. The maximum absolute atomic E-state index is 12.9. The van der Waals surface area contributed by atoms with E-state index in [9.17, 15) is 9.18 Å². The Morgan fingerprint density at radius 2 is 2.09 bits per heavy atom. The molecule has 5 heteroatoms. The second kappa shape index (κ2) is 7.31. The molecule has 0 spiro atoms. The Bertz CT molecular complexity index is 645. The van der Waals surface area contributed by atoms with Crippen molar-refractivity contribution in [1.82, 2.24) is 15.1 Å². The van der Waals surface area contributed by atoms with Gasteiger partial charge in [0.2, 0.25) is 0 Å². The van der Waals surface area contributed by atoms with Gasteiger partial charge in [-0.15, -0.1) is 5.10 Å². The lowest BCUT2D eigenvalue weighted by Gasteiger charge is -2.32. The molecule has 0 saturated carbocycles. The van der Waals surface area contributed by atoms with Crippen molar-refractivity contribution in [3.63, 3.8) is 0 Å². The molecule has 1 saturated heterocycles. The monoisotopic (exact) mass is 313 g/mol. The standard InChI is InChI=1S/C18H20FN3O/c19-16-9-7-14(8-10-16)5-6-15-3-2-12-22(13-15)18(23)17-4-1-11-20-21-17/h1,4,7-11,15H,2-3,5-6,12-13H2/t15-/m1/s1. The van der Waals surface area contributed by atoms with Crippen LogP contribution in [0.2, 0.25) is 0 Å². The molecular weight excluding hydrogens is 293 g/mol. The van der Waals surface area contributed by atoms with Gasteiger partial charge in [-0.1, -0.05) is 12.1 Å². The molecule has 4 nitrogen and oxygen atoms in total. The zero-order valence-corrected chi connectivity index (χ0v) is 13.0. The minimum atomic E-state index is -0.202. The number of amides is 1. The first-order chi connectivity index (χ1) is 11.2. The van der Waals surface area contributed by atoms with Gasteiger partial charge in [0.25, 0.3) is 5.91 Å².